The van der Waals surface area contributed by atoms with E-state index in [4.69, 9.17) is 4.42 Å². The number of nitrogens with zero attached hydrogens (tertiary/aromatic N) is 3. The number of carbonyl (C=O) groups excluding carboxylic acids is 2. The van der Waals surface area contributed by atoms with Crippen molar-refractivity contribution in [2.75, 3.05) is 6.54 Å². The Hall–Kier alpha value is -3.13. The van der Waals surface area contributed by atoms with Gasteiger partial charge in [0.25, 0.3) is 5.91 Å². The van der Waals surface area contributed by atoms with Crippen molar-refractivity contribution in [3.63, 3.8) is 0 Å². The fourth-order valence-electron chi connectivity index (χ4n) is 3.45. The largest absolute Gasteiger partial charge is 0.467 e. The minimum Gasteiger partial charge on any atom is -0.467 e. The van der Waals surface area contributed by atoms with E-state index in [1.807, 2.05) is 0 Å². The summed E-state index contributed by atoms with van der Waals surface area (Å²) >= 11 is 0. The van der Waals surface area contributed by atoms with Crippen molar-refractivity contribution < 1.29 is 14.0 Å². The van der Waals surface area contributed by atoms with Gasteiger partial charge in [-0.2, -0.15) is 5.10 Å². The fourth-order valence-corrected chi connectivity index (χ4v) is 3.45. The minimum atomic E-state index is -0.369. The van der Waals surface area contributed by atoms with Gasteiger partial charge in [-0.15, -0.1) is 0 Å². The summed E-state index contributed by atoms with van der Waals surface area (Å²) in [6.45, 7) is 2.29. The lowest BCUT2D eigenvalue weighted by Crippen LogP contribution is -2.52. The first-order chi connectivity index (χ1) is 13.6. The molecule has 2 atom stereocenters. The summed E-state index contributed by atoms with van der Waals surface area (Å²) in [6, 6.07) is 11.6. The first-order valence-electron chi connectivity index (χ1n) is 9.42. The molecule has 0 aliphatic carbocycles. The molecule has 1 aromatic heterocycles. The van der Waals surface area contributed by atoms with Crippen LogP contribution in [0.4, 0.5) is 0 Å². The van der Waals surface area contributed by atoms with Gasteiger partial charge in [-0.3, -0.25) is 14.6 Å². The fraction of sp³-hybridized carbons (Fsp3) is 0.350. The van der Waals surface area contributed by atoms with Crippen LogP contribution in [-0.2, 0) is 22.6 Å². The highest BCUT2D eigenvalue weighted by Crippen LogP contribution is 2.29. The molecule has 0 saturated carbocycles. The number of aryl methyl sites for hydroxylation is 1. The maximum Gasteiger partial charge on any atom is 0.267 e. The number of rotatable bonds is 6. The molecule has 1 aromatic carbocycles. The van der Waals surface area contributed by atoms with Gasteiger partial charge in [-0.25, -0.2) is 10.4 Å². The predicted octanol–water partition coefficient (Wildman–Crippen LogP) is 1.56. The van der Waals surface area contributed by atoms with Gasteiger partial charge in [0, 0.05) is 0 Å². The second-order valence-electron chi connectivity index (χ2n) is 6.92. The standard InChI is InChI=1S/C20H23N5O3/c1-2-14-5-7-15(8-6-14)17-10-18-20(27)24(22-13-25(18)23-17)12-19(26)21-11-16-4-3-9-28-16/h3-9,13,17-18,23H,2,10-12H2,1H3,(H,21,26). The lowest BCUT2D eigenvalue weighted by atomic mass is 9.99. The van der Waals surface area contributed by atoms with E-state index in [1.165, 1.54) is 10.6 Å². The van der Waals surface area contributed by atoms with Gasteiger partial charge in [0.05, 0.1) is 18.8 Å². The smallest absolute Gasteiger partial charge is 0.267 e. The summed E-state index contributed by atoms with van der Waals surface area (Å²) < 4.78 is 5.18. The van der Waals surface area contributed by atoms with Crippen molar-refractivity contribution in [2.24, 2.45) is 5.10 Å². The summed E-state index contributed by atoms with van der Waals surface area (Å²) in [7, 11) is 0. The van der Waals surface area contributed by atoms with Crippen LogP contribution in [0, 0.1) is 0 Å². The number of fused-ring (bicyclic) bond motifs is 1. The highest BCUT2D eigenvalue weighted by atomic mass is 16.3. The maximum absolute atomic E-state index is 12.8. The average molecular weight is 381 g/mol. The molecule has 28 heavy (non-hydrogen) atoms. The van der Waals surface area contributed by atoms with Crippen molar-refractivity contribution in [1.29, 1.82) is 0 Å². The van der Waals surface area contributed by atoms with E-state index in [1.54, 1.807) is 29.7 Å². The van der Waals surface area contributed by atoms with Crippen LogP contribution in [0.2, 0.25) is 0 Å². The zero-order chi connectivity index (χ0) is 19.5. The Morgan fingerprint density at radius 1 is 1.32 bits per heavy atom. The van der Waals surface area contributed by atoms with Gasteiger partial charge in [-0.05, 0) is 36.1 Å². The second kappa shape index (κ2) is 7.85. The van der Waals surface area contributed by atoms with E-state index in [0.717, 1.165) is 12.0 Å². The average Bonchev–Trinajstić information content (AvgIpc) is 3.39. The number of furan rings is 1. The van der Waals surface area contributed by atoms with Crippen LogP contribution < -0.4 is 10.7 Å². The Kier molecular flexibility index (Phi) is 5.12. The predicted molar refractivity (Wildman–Crippen MR) is 103 cm³/mol. The van der Waals surface area contributed by atoms with Crippen LogP contribution in [0.15, 0.2) is 52.2 Å². The summed E-state index contributed by atoms with van der Waals surface area (Å²) in [5.41, 5.74) is 5.73. The third-order valence-corrected chi connectivity index (χ3v) is 5.08. The Morgan fingerprint density at radius 2 is 2.14 bits per heavy atom. The van der Waals surface area contributed by atoms with E-state index in [0.29, 0.717) is 12.2 Å². The third-order valence-electron chi connectivity index (χ3n) is 5.08. The maximum atomic E-state index is 12.8. The van der Waals surface area contributed by atoms with Gasteiger partial charge in [0.2, 0.25) is 5.91 Å². The number of hydrogen-bond donors (Lipinski definition) is 2. The third kappa shape index (κ3) is 3.77. The Balaban J connectivity index is 1.35. The second-order valence-corrected chi connectivity index (χ2v) is 6.92. The molecule has 2 N–H and O–H groups in total. The topological polar surface area (TPSA) is 90.2 Å². The molecule has 0 radical (unpaired) electrons. The SMILES string of the molecule is CCc1ccc(C2CC3C(=O)N(CC(=O)NCc4ccco4)N=CN3N2)cc1. The normalized spacial score (nSPS) is 21.1. The zero-order valence-corrected chi connectivity index (χ0v) is 15.7. The number of hydrogen-bond acceptors (Lipinski definition) is 6. The first kappa shape index (κ1) is 18.2. The number of amides is 2. The Bertz CT molecular complexity index is 862. The molecule has 8 heteroatoms. The molecule has 4 rings (SSSR count). The van der Waals surface area contributed by atoms with Crippen LogP contribution >= 0.6 is 0 Å². The van der Waals surface area contributed by atoms with Gasteiger partial charge < -0.3 is 9.73 Å². The minimum absolute atomic E-state index is 0.0408. The van der Waals surface area contributed by atoms with Gasteiger partial charge in [-0.1, -0.05) is 31.2 Å². The van der Waals surface area contributed by atoms with Crippen molar-refractivity contribution in [2.45, 2.75) is 38.4 Å². The highest BCUT2D eigenvalue weighted by molar-refractivity contribution is 5.91. The molecule has 1 fully saturated rings. The lowest BCUT2D eigenvalue weighted by Gasteiger charge is -2.29. The van der Waals surface area contributed by atoms with E-state index < -0.39 is 0 Å². The number of benzene rings is 1. The molecule has 2 amide bonds. The molecule has 1 saturated heterocycles. The van der Waals surface area contributed by atoms with Crippen LogP contribution in [0.3, 0.4) is 0 Å². The summed E-state index contributed by atoms with van der Waals surface area (Å²) in [5, 5.41) is 9.82. The number of nitrogens with one attached hydrogen (secondary N) is 2. The summed E-state index contributed by atoms with van der Waals surface area (Å²) in [5.74, 6) is 0.189. The van der Waals surface area contributed by atoms with Crippen molar-refractivity contribution in [3.05, 3.63) is 59.5 Å². The summed E-state index contributed by atoms with van der Waals surface area (Å²) in [6.07, 6.45) is 4.75. The van der Waals surface area contributed by atoms with Crippen molar-refractivity contribution in [3.8, 4) is 0 Å². The molecule has 2 aliphatic heterocycles. The van der Waals surface area contributed by atoms with Crippen LogP contribution in [0.1, 0.15) is 36.3 Å². The van der Waals surface area contributed by atoms with Gasteiger partial charge in [0.15, 0.2) is 0 Å². The molecule has 2 aromatic rings. The van der Waals surface area contributed by atoms with Gasteiger partial charge in [0.1, 0.15) is 24.7 Å². The molecule has 3 heterocycles. The monoisotopic (exact) mass is 381 g/mol. The summed E-state index contributed by atoms with van der Waals surface area (Å²) in [4.78, 5) is 24.9. The van der Waals surface area contributed by atoms with Crippen LogP contribution in [-0.4, -0.2) is 40.8 Å². The molecule has 0 spiro atoms. The van der Waals surface area contributed by atoms with E-state index in [9.17, 15) is 9.59 Å². The molecule has 2 unspecified atom stereocenters. The van der Waals surface area contributed by atoms with E-state index >= 15 is 0 Å². The molecule has 2 aliphatic rings. The highest BCUT2D eigenvalue weighted by Gasteiger charge is 2.41. The zero-order valence-electron chi connectivity index (χ0n) is 15.7. The lowest BCUT2D eigenvalue weighted by molar-refractivity contribution is -0.140. The number of carbonyl (C=O) groups is 2. The van der Waals surface area contributed by atoms with Crippen LogP contribution in [0.25, 0.3) is 0 Å². The molecule has 0 bridgehead atoms. The first-order valence-corrected chi connectivity index (χ1v) is 9.42. The molecule has 146 valence electrons. The Morgan fingerprint density at radius 3 is 2.86 bits per heavy atom. The quantitative estimate of drug-likeness (QED) is 0.793. The van der Waals surface area contributed by atoms with Crippen molar-refractivity contribution >= 4 is 18.2 Å². The van der Waals surface area contributed by atoms with Crippen molar-refractivity contribution in [1.82, 2.24) is 20.8 Å². The van der Waals surface area contributed by atoms with E-state index in [2.05, 4.69) is 47.0 Å². The van der Waals surface area contributed by atoms with E-state index in [-0.39, 0.29) is 37.0 Å². The number of hydrazone groups is 1. The molecule has 8 nitrogen and oxygen atoms in total. The van der Waals surface area contributed by atoms with Gasteiger partial charge >= 0.3 is 0 Å². The number of hydrazine groups is 1. The molecular weight excluding hydrogens is 358 g/mol. The van der Waals surface area contributed by atoms with Crippen LogP contribution in [0.5, 0.6) is 0 Å². The molecular formula is C20H23N5O3. The Labute approximate surface area is 163 Å².